The Morgan fingerprint density at radius 3 is 2.30 bits per heavy atom. The Bertz CT molecular complexity index is 1160. The van der Waals surface area contributed by atoms with E-state index in [1.807, 2.05) is 42.6 Å². The van der Waals surface area contributed by atoms with Crippen LogP contribution in [0.4, 0.5) is 17.1 Å². The summed E-state index contributed by atoms with van der Waals surface area (Å²) in [6.07, 6.45) is 0. The number of amides is 3. The smallest absolute Gasteiger partial charge is 0.282 e. The number of nitrogens with one attached hydrogen (secondary N) is 2. The summed E-state index contributed by atoms with van der Waals surface area (Å²) in [5, 5.41) is 7.69. The normalized spacial score (nSPS) is 13.7. The van der Waals surface area contributed by atoms with Gasteiger partial charge in [0.15, 0.2) is 0 Å². The van der Waals surface area contributed by atoms with Crippen molar-refractivity contribution >= 4 is 51.7 Å². The van der Waals surface area contributed by atoms with Crippen LogP contribution in [0.5, 0.6) is 0 Å². The predicted octanol–water partition coefficient (Wildman–Crippen LogP) is 4.41. The van der Waals surface area contributed by atoms with Crippen molar-refractivity contribution in [2.75, 3.05) is 15.5 Å². The van der Waals surface area contributed by atoms with Crippen LogP contribution in [0.25, 0.3) is 5.57 Å². The molecular weight excluding hydrogens is 398 g/mol. The van der Waals surface area contributed by atoms with Crippen LogP contribution in [-0.4, -0.2) is 17.7 Å². The average molecular weight is 417 g/mol. The maximum absolute atomic E-state index is 13.3. The minimum absolute atomic E-state index is 0.163. The number of hydrogen-bond donors (Lipinski definition) is 2. The summed E-state index contributed by atoms with van der Waals surface area (Å²) in [6.45, 7) is 3.35. The highest BCUT2D eigenvalue weighted by atomic mass is 32.1. The lowest BCUT2D eigenvalue weighted by molar-refractivity contribution is -0.120. The minimum Gasteiger partial charge on any atom is -0.350 e. The van der Waals surface area contributed by atoms with Crippen LogP contribution < -0.4 is 15.5 Å². The van der Waals surface area contributed by atoms with Gasteiger partial charge in [0.1, 0.15) is 5.70 Å². The van der Waals surface area contributed by atoms with E-state index in [0.717, 1.165) is 10.4 Å². The number of nitrogens with zero attached hydrogens (tertiary/aromatic N) is 1. The van der Waals surface area contributed by atoms with Crippen LogP contribution in [0.15, 0.2) is 71.7 Å². The molecule has 0 fully saturated rings. The van der Waals surface area contributed by atoms with E-state index in [0.29, 0.717) is 22.6 Å². The number of carbonyl (C=O) groups is 3. The molecule has 2 heterocycles. The summed E-state index contributed by atoms with van der Waals surface area (Å²) in [5.41, 5.74) is 3.37. The highest BCUT2D eigenvalue weighted by Gasteiger charge is 2.40. The van der Waals surface area contributed by atoms with Gasteiger partial charge in [-0.15, -0.1) is 11.3 Å². The third-order valence-corrected chi connectivity index (χ3v) is 5.47. The van der Waals surface area contributed by atoms with Crippen LogP contribution in [0.2, 0.25) is 0 Å². The number of thiophene rings is 1. The first kappa shape index (κ1) is 19.6. The molecule has 0 unspecified atom stereocenters. The van der Waals surface area contributed by atoms with Crippen LogP contribution in [-0.2, 0) is 14.4 Å². The molecule has 6 nitrogen and oxygen atoms in total. The van der Waals surface area contributed by atoms with E-state index in [2.05, 4.69) is 10.6 Å². The van der Waals surface area contributed by atoms with Crippen LogP contribution >= 0.6 is 11.3 Å². The Hall–Kier alpha value is -3.71. The Balaban J connectivity index is 1.71. The van der Waals surface area contributed by atoms with Crippen LogP contribution in [0.3, 0.4) is 0 Å². The van der Waals surface area contributed by atoms with E-state index >= 15 is 0 Å². The van der Waals surface area contributed by atoms with Crippen LogP contribution in [0.1, 0.15) is 17.4 Å². The molecule has 0 spiro atoms. The molecule has 30 heavy (non-hydrogen) atoms. The van der Waals surface area contributed by atoms with Crippen molar-refractivity contribution in [2.45, 2.75) is 13.8 Å². The van der Waals surface area contributed by atoms with Crippen molar-refractivity contribution in [1.82, 2.24) is 0 Å². The van der Waals surface area contributed by atoms with E-state index in [1.165, 1.54) is 23.2 Å². The average Bonchev–Trinajstić information content (AvgIpc) is 3.30. The molecular formula is C23H19N3O3S. The Kier molecular flexibility index (Phi) is 5.20. The monoisotopic (exact) mass is 417 g/mol. The fourth-order valence-corrected chi connectivity index (χ4v) is 4.05. The maximum Gasteiger partial charge on any atom is 0.282 e. The van der Waals surface area contributed by atoms with E-state index < -0.39 is 5.91 Å². The zero-order valence-corrected chi connectivity index (χ0v) is 17.2. The summed E-state index contributed by atoms with van der Waals surface area (Å²) in [4.78, 5) is 39.7. The van der Waals surface area contributed by atoms with Crippen molar-refractivity contribution in [3.05, 3.63) is 82.2 Å². The molecule has 1 aliphatic heterocycles. The fourth-order valence-electron chi connectivity index (χ4n) is 3.28. The molecule has 0 saturated carbocycles. The van der Waals surface area contributed by atoms with Crippen molar-refractivity contribution in [1.29, 1.82) is 0 Å². The lowest BCUT2D eigenvalue weighted by atomic mass is 10.1. The predicted molar refractivity (Wildman–Crippen MR) is 119 cm³/mol. The topological polar surface area (TPSA) is 78.5 Å². The van der Waals surface area contributed by atoms with Gasteiger partial charge in [0.25, 0.3) is 11.8 Å². The van der Waals surface area contributed by atoms with Crippen molar-refractivity contribution < 1.29 is 14.4 Å². The minimum atomic E-state index is -0.403. The first-order valence-corrected chi connectivity index (χ1v) is 10.2. The molecule has 4 rings (SSSR count). The quantitative estimate of drug-likeness (QED) is 0.603. The maximum atomic E-state index is 13.3. The molecule has 2 aromatic carbocycles. The SMILES string of the molecule is CC(=O)Nc1ccc(NC2=C(c3cccs3)C(=O)N(c3cccc(C)c3)C2=O)cc1. The molecule has 3 amide bonds. The summed E-state index contributed by atoms with van der Waals surface area (Å²) >= 11 is 1.40. The number of anilines is 3. The second-order valence-corrected chi connectivity index (χ2v) is 7.84. The number of carbonyl (C=O) groups excluding carboxylic acids is 3. The highest BCUT2D eigenvalue weighted by Crippen LogP contribution is 2.35. The first-order valence-electron chi connectivity index (χ1n) is 9.32. The van der Waals surface area contributed by atoms with E-state index in [-0.39, 0.29) is 17.5 Å². The van der Waals surface area contributed by atoms with Gasteiger partial charge in [-0.2, -0.15) is 0 Å². The van der Waals surface area contributed by atoms with Crippen molar-refractivity contribution in [3.8, 4) is 0 Å². The molecule has 2 N–H and O–H groups in total. The highest BCUT2D eigenvalue weighted by molar-refractivity contribution is 7.11. The van der Waals surface area contributed by atoms with Gasteiger partial charge in [-0.25, -0.2) is 4.90 Å². The van der Waals surface area contributed by atoms with Gasteiger partial charge in [0.05, 0.1) is 11.3 Å². The molecule has 7 heteroatoms. The van der Waals surface area contributed by atoms with E-state index in [4.69, 9.17) is 0 Å². The van der Waals surface area contributed by atoms with Crippen molar-refractivity contribution in [3.63, 3.8) is 0 Å². The zero-order chi connectivity index (χ0) is 21.3. The van der Waals surface area contributed by atoms with Gasteiger partial charge < -0.3 is 10.6 Å². The number of imide groups is 1. The molecule has 0 aliphatic carbocycles. The summed E-state index contributed by atoms with van der Waals surface area (Å²) < 4.78 is 0. The summed E-state index contributed by atoms with van der Waals surface area (Å²) in [5.74, 6) is -0.922. The Morgan fingerprint density at radius 1 is 0.933 bits per heavy atom. The molecule has 150 valence electrons. The standard InChI is InChI=1S/C23H19N3O3S/c1-14-5-3-6-18(13-14)26-22(28)20(19-7-4-12-30-19)21(23(26)29)25-17-10-8-16(9-11-17)24-15(2)27/h3-13,25H,1-2H3,(H,24,27). The van der Waals surface area contributed by atoms with Gasteiger partial charge >= 0.3 is 0 Å². The van der Waals surface area contributed by atoms with Gasteiger partial charge in [-0.05, 0) is 60.3 Å². The van der Waals surface area contributed by atoms with E-state index in [9.17, 15) is 14.4 Å². The van der Waals surface area contributed by atoms with Gasteiger partial charge in [-0.1, -0.05) is 18.2 Å². The molecule has 1 aliphatic rings. The second kappa shape index (κ2) is 7.96. The molecule has 0 atom stereocenters. The molecule has 0 radical (unpaired) electrons. The van der Waals surface area contributed by atoms with E-state index in [1.54, 1.807) is 30.3 Å². The molecule has 3 aromatic rings. The zero-order valence-electron chi connectivity index (χ0n) is 16.4. The number of benzene rings is 2. The number of hydrogen-bond acceptors (Lipinski definition) is 5. The van der Waals surface area contributed by atoms with Gasteiger partial charge in [0, 0.05) is 23.2 Å². The third kappa shape index (κ3) is 3.75. The molecule has 0 bridgehead atoms. The lowest BCUT2D eigenvalue weighted by Crippen LogP contribution is -2.32. The second-order valence-electron chi connectivity index (χ2n) is 6.90. The summed E-state index contributed by atoms with van der Waals surface area (Å²) in [7, 11) is 0. The summed E-state index contributed by atoms with van der Waals surface area (Å²) in [6, 6.07) is 17.9. The van der Waals surface area contributed by atoms with Gasteiger partial charge in [-0.3, -0.25) is 14.4 Å². The molecule has 0 saturated heterocycles. The lowest BCUT2D eigenvalue weighted by Gasteiger charge is -2.16. The largest absolute Gasteiger partial charge is 0.350 e. The third-order valence-electron chi connectivity index (χ3n) is 4.59. The number of rotatable bonds is 5. The Morgan fingerprint density at radius 2 is 1.67 bits per heavy atom. The first-order chi connectivity index (χ1) is 14.4. The van der Waals surface area contributed by atoms with Crippen LogP contribution in [0, 0.1) is 6.92 Å². The molecule has 1 aromatic heterocycles. The number of aryl methyl sites for hydroxylation is 1. The van der Waals surface area contributed by atoms with Crippen molar-refractivity contribution in [2.24, 2.45) is 0 Å². The van der Waals surface area contributed by atoms with Gasteiger partial charge in [0.2, 0.25) is 5.91 Å². The Labute approximate surface area is 177 Å². The fraction of sp³-hybridized carbons (Fsp3) is 0.0870.